The van der Waals surface area contributed by atoms with E-state index in [1.807, 2.05) is 18.2 Å². The molecule has 0 aliphatic rings. The molecule has 0 bridgehead atoms. The van der Waals surface area contributed by atoms with Crippen molar-refractivity contribution in [2.75, 3.05) is 52.4 Å². The Morgan fingerprint density at radius 1 is 0.938 bits per heavy atom. The number of hydrogen-bond acceptors (Lipinski definition) is 7. The molecule has 3 rings (SSSR count). The lowest BCUT2D eigenvalue weighted by Crippen LogP contribution is -2.38. The fraction of sp³-hybridized carbons (Fsp3) is 0.391. The maximum absolute atomic E-state index is 13.6. The van der Waals surface area contributed by atoms with Crippen molar-refractivity contribution in [1.29, 1.82) is 0 Å². The summed E-state index contributed by atoms with van der Waals surface area (Å²) in [5.74, 6) is 1.75. The van der Waals surface area contributed by atoms with Crippen LogP contribution in [-0.2, 0) is 0 Å². The highest BCUT2D eigenvalue weighted by molar-refractivity contribution is 7.22. The van der Waals surface area contributed by atoms with Crippen molar-refractivity contribution < 1.29 is 19.0 Å². The first-order valence-electron chi connectivity index (χ1n) is 10.2. The Hall–Kier alpha value is -2.55. The highest BCUT2D eigenvalue weighted by Gasteiger charge is 2.23. The van der Waals surface area contributed by atoms with E-state index in [4.69, 9.17) is 19.2 Å². The molecular formula is C23H30ClN3O4S. The van der Waals surface area contributed by atoms with E-state index in [9.17, 15) is 4.79 Å². The normalized spacial score (nSPS) is 10.7. The van der Waals surface area contributed by atoms with E-state index in [0.717, 1.165) is 35.6 Å². The van der Waals surface area contributed by atoms with Gasteiger partial charge in [0.2, 0.25) is 0 Å². The van der Waals surface area contributed by atoms with Gasteiger partial charge in [-0.1, -0.05) is 25.2 Å². The average molecular weight is 480 g/mol. The molecule has 7 nitrogen and oxygen atoms in total. The molecule has 0 saturated heterocycles. The molecule has 0 fully saturated rings. The molecule has 2 aromatic carbocycles. The van der Waals surface area contributed by atoms with Crippen molar-refractivity contribution in [3.05, 3.63) is 42.0 Å². The number of anilines is 1. The second-order valence-electron chi connectivity index (χ2n) is 6.88. The van der Waals surface area contributed by atoms with Crippen LogP contribution in [0.2, 0.25) is 0 Å². The molecule has 9 heteroatoms. The molecule has 174 valence electrons. The molecule has 32 heavy (non-hydrogen) atoms. The predicted molar refractivity (Wildman–Crippen MR) is 132 cm³/mol. The molecule has 0 N–H and O–H groups in total. The third-order valence-electron chi connectivity index (χ3n) is 5.23. The van der Waals surface area contributed by atoms with Gasteiger partial charge in [-0.15, -0.1) is 12.4 Å². The lowest BCUT2D eigenvalue weighted by Gasteiger charge is -2.25. The van der Waals surface area contributed by atoms with Crippen molar-refractivity contribution in [2.24, 2.45) is 0 Å². The van der Waals surface area contributed by atoms with Crippen LogP contribution in [0.15, 0.2) is 36.4 Å². The van der Waals surface area contributed by atoms with Crippen LogP contribution in [-0.4, -0.2) is 63.3 Å². The third-order valence-corrected chi connectivity index (χ3v) is 6.27. The summed E-state index contributed by atoms with van der Waals surface area (Å²) in [5, 5.41) is 0.662. The minimum absolute atomic E-state index is 0. The highest BCUT2D eigenvalue weighted by Crippen LogP contribution is 2.33. The number of ether oxygens (including phenoxy) is 3. The van der Waals surface area contributed by atoms with E-state index in [-0.39, 0.29) is 18.3 Å². The fourth-order valence-electron chi connectivity index (χ4n) is 3.33. The number of benzene rings is 2. The number of hydrogen-bond donors (Lipinski definition) is 0. The average Bonchev–Trinajstić information content (AvgIpc) is 3.23. The lowest BCUT2D eigenvalue weighted by atomic mass is 10.1. The Kier molecular flexibility index (Phi) is 9.56. The van der Waals surface area contributed by atoms with Crippen LogP contribution in [0.25, 0.3) is 10.2 Å². The molecule has 0 aliphatic heterocycles. The zero-order valence-electron chi connectivity index (χ0n) is 19.1. The van der Waals surface area contributed by atoms with Crippen molar-refractivity contribution in [3.63, 3.8) is 0 Å². The van der Waals surface area contributed by atoms with Gasteiger partial charge < -0.3 is 19.1 Å². The molecule has 0 aliphatic carbocycles. The van der Waals surface area contributed by atoms with Gasteiger partial charge in [-0.25, -0.2) is 4.98 Å². The molecular weight excluding hydrogens is 450 g/mol. The van der Waals surface area contributed by atoms with Crippen LogP contribution in [0.3, 0.4) is 0 Å². The first-order valence-corrected chi connectivity index (χ1v) is 11.1. The van der Waals surface area contributed by atoms with Crippen LogP contribution in [0, 0.1) is 0 Å². The van der Waals surface area contributed by atoms with Crippen LogP contribution in [0.1, 0.15) is 24.2 Å². The first kappa shape index (κ1) is 25.7. The van der Waals surface area contributed by atoms with E-state index in [2.05, 4.69) is 18.7 Å². The number of fused-ring (bicyclic) bond motifs is 1. The molecule has 0 spiro atoms. The summed E-state index contributed by atoms with van der Waals surface area (Å²) in [6.07, 6.45) is 0. The predicted octanol–water partition coefficient (Wildman–Crippen LogP) is 4.73. The number of nitrogens with zero attached hydrogens (tertiary/aromatic N) is 3. The van der Waals surface area contributed by atoms with Gasteiger partial charge in [0.25, 0.3) is 5.91 Å². The van der Waals surface area contributed by atoms with E-state index >= 15 is 0 Å². The first-order chi connectivity index (χ1) is 15.0. The van der Waals surface area contributed by atoms with E-state index in [1.165, 1.54) is 11.3 Å². The number of amides is 1. The Morgan fingerprint density at radius 2 is 1.66 bits per heavy atom. The van der Waals surface area contributed by atoms with Gasteiger partial charge in [-0.3, -0.25) is 9.69 Å². The fourth-order valence-corrected chi connectivity index (χ4v) is 4.34. The number of methoxy groups -OCH3 is 3. The molecule has 0 saturated carbocycles. The Labute approximate surface area is 199 Å². The number of thiazole rings is 1. The molecule has 1 amide bonds. The zero-order chi connectivity index (χ0) is 22.4. The largest absolute Gasteiger partial charge is 0.497 e. The third kappa shape index (κ3) is 5.62. The Bertz CT molecular complexity index is 1040. The smallest absolute Gasteiger partial charge is 0.260 e. The van der Waals surface area contributed by atoms with Crippen LogP contribution in [0.4, 0.5) is 5.13 Å². The number of carbonyl (C=O) groups is 1. The van der Waals surface area contributed by atoms with E-state index < -0.39 is 0 Å². The summed E-state index contributed by atoms with van der Waals surface area (Å²) in [6.45, 7) is 7.37. The zero-order valence-corrected chi connectivity index (χ0v) is 20.7. The number of likely N-dealkylation sites (N-methyl/N-ethyl adjacent to an activating group) is 1. The van der Waals surface area contributed by atoms with E-state index in [0.29, 0.717) is 28.7 Å². The molecule has 0 atom stereocenters. The van der Waals surface area contributed by atoms with Crippen molar-refractivity contribution in [1.82, 2.24) is 9.88 Å². The van der Waals surface area contributed by atoms with Gasteiger partial charge in [-0.2, -0.15) is 0 Å². The molecule has 3 aromatic rings. The second kappa shape index (κ2) is 11.9. The van der Waals surface area contributed by atoms with Crippen LogP contribution in [0.5, 0.6) is 17.2 Å². The van der Waals surface area contributed by atoms with Gasteiger partial charge in [0.05, 0.1) is 31.5 Å². The maximum atomic E-state index is 13.6. The maximum Gasteiger partial charge on any atom is 0.260 e. The standard InChI is InChI=1S/C23H29N3O4S.ClH/c1-6-25(7-2)12-13-26(22(27)16-8-11-19(29-4)20(14-16)30-5)23-24-18-10-9-17(28-3)15-21(18)31-23;/h8-11,14-15H,6-7,12-13H2,1-5H3;1H. The molecule has 0 unspecified atom stereocenters. The van der Waals surface area contributed by atoms with Crippen LogP contribution < -0.4 is 19.1 Å². The number of rotatable bonds is 10. The minimum atomic E-state index is -0.126. The summed E-state index contributed by atoms with van der Waals surface area (Å²) in [7, 11) is 4.77. The van der Waals surface area contributed by atoms with Crippen molar-refractivity contribution >= 4 is 45.0 Å². The number of halogens is 1. The van der Waals surface area contributed by atoms with Gasteiger partial charge >= 0.3 is 0 Å². The minimum Gasteiger partial charge on any atom is -0.497 e. The summed E-state index contributed by atoms with van der Waals surface area (Å²) >= 11 is 1.48. The SMILES string of the molecule is CCN(CC)CCN(C(=O)c1ccc(OC)c(OC)c1)c1nc2ccc(OC)cc2s1.Cl. The summed E-state index contributed by atoms with van der Waals surface area (Å²) in [5.41, 5.74) is 1.36. The van der Waals surface area contributed by atoms with E-state index in [1.54, 1.807) is 44.4 Å². The lowest BCUT2D eigenvalue weighted by molar-refractivity contribution is 0.0983. The van der Waals surface area contributed by atoms with Crippen molar-refractivity contribution in [3.8, 4) is 17.2 Å². The van der Waals surface area contributed by atoms with Gasteiger partial charge in [0, 0.05) is 18.7 Å². The molecule has 1 aromatic heterocycles. The van der Waals surface area contributed by atoms with Gasteiger partial charge in [0.1, 0.15) is 5.75 Å². The topological polar surface area (TPSA) is 64.1 Å². The summed E-state index contributed by atoms with van der Waals surface area (Å²) < 4.78 is 17.0. The number of carbonyl (C=O) groups excluding carboxylic acids is 1. The molecule has 1 heterocycles. The highest BCUT2D eigenvalue weighted by atomic mass is 35.5. The molecule has 0 radical (unpaired) electrons. The van der Waals surface area contributed by atoms with Crippen LogP contribution >= 0.6 is 23.7 Å². The summed E-state index contributed by atoms with van der Waals surface area (Å²) in [4.78, 5) is 22.3. The van der Waals surface area contributed by atoms with Crippen molar-refractivity contribution in [2.45, 2.75) is 13.8 Å². The number of aromatic nitrogens is 1. The summed E-state index contributed by atoms with van der Waals surface area (Å²) in [6, 6.07) is 10.9. The Balaban J connectivity index is 0.00000363. The van der Waals surface area contributed by atoms with Gasteiger partial charge in [-0.05, 0) is 49.5 Å². The monoisotopic (exact) mass is 479 g/mol. The quantitative estimate of drug-likeness (QED) is 0.418. The Morgan fingerprint density at radius 3 is 2.28 bits per heavy atom. The van der Waals surface area contributed by atoms with Gasteiger partial charge in [0.15, 0.2) is 16.6 Å². The second-order valence-corrected chi connectivity index (χ2v) is 7.89.